The Labute approximate surface area is 107 Å². The van der Waals surface area contributed by atoms with E-state index in [2.05, 4.69) is 15.3 Å². The Morgan fingerprint density at radius 3 is 2.58 bits per heavy atom. The average molecular weight is 296 g/mol. The zero-order chi connectivity index (χ0) is 14.3. The van der Waals surface area contributed by atoms with Gasteiger partial charge in [-0.25, -0.2) is 13.4 Å². The number of nitrogens with zero attached hydrogens (tertiary/aromatic N) is 2. The summed E-state index contributed by atoms with van der Waals surface area (Å²) >= 11 is 0. The molecule has 2 heterocycles. The van der Waals surface area contributed by atoms with Crippen molar-refractivity contribution < 1.29 is 21.6 Å². The molecule has 0 aliphatic carbocycles. The fraction of sp³-hybridized carbons (Fsp3) is 0.556. The van der Waals surface area contributed by atoms with Crippen LogP contribution < -0.4 is 11.1 Å². The van der Waals surface area contributed by atoms with Gasteiger partial charge < -0.3 is 11.1 Å². The highest BCUT2D eigenvalue weighted by atomic mass is 32.2. The summed E-state index contributed by atoms with van der Waals surface area (Å²) in [5, 5.41) is 2.64. The van der Waals surface area contributed by atoms with Crippen LogP contribution >= 0.6 is 0 Å². The fourth-order valence-electron chi connectivity index (χ4n) is 1.80. The Morgan fingerprint density at radius 2 is 2.05 bits per heavy atom. The lowest BCUT2D eigenvalue weighted by molar-refractivity contribution is -0.141. The molecule has 19 heavy (non-hydrogen) atoms. The molecule has 1 unspecified atom stereocenters. The Hall–Kier alpha value is -1.58. The van der Waals surface area contributed by atoms with Gasteiger partial charge in [-0.2, -0.15) is 18.2 Å². The van der Waals surface area contributed by atoms with Crippen LogP contribution in [0.2, 0.25) is 0 Å². The van der Waals surface area contributed by atoms with Crippen LogP contribution in [-0.2, 0) is 16.0 Å². The third-order valence-electron chi connectivity index (χ3n) is 2.62. The van der Waals surface area contributed by atoms with Gasteiger partial charge in [0.05, 0.1) is 11.5 Å². The summed E-state index contributed by atoms with van der Waals surface area (Å²) in [5.74, 6) is -0.754. The highest BCUT2D eigenvalue weighted by molar-refractivity contribution is 7.91. The third kappa shape index (κ3) is 3.46. The number of hydrogen-bond donors (Lipinski definition) is 2. The lowest BCUT2D eigenvalue weighted by atomic mass is 10.2. The number of anilines is 2. The molecule has 6 nitrogen and oxygen atoms in total. The monoisotopic (exact) mass is 296 g/mol. The van der Waals surface area contributed by atoms with E-state index in [4.69, 9.17) is 5.73 Å². The minimum atomic E-state index is -4.63. The first-order chi connectivity index (χ1) is 8.66. The highest BCUT2D eigenvalue weighted by Crippen LogP contribution is 2.29. The maximum absolute atomic E-state index is 12.5. The van der Waals surface area contributed by atoms with E-state index in [1.54, 1.807) is 0 Å². The first kappa shape index (κ1) is 13.8. The van der Waals surface area contributed by atoms with E-state index < -0.39 is 33.7 Å². The van der Waals surface area contributed by atoms with Gasteiger partial charge in [0, 0.05) is 12.1 Å². The van der Waals surface area contributed by atoms with E-state index in [1.165, 1.54) is 0 Å². The molecule has 1 aliphatic rings. The Bertz CT molecular complexity index is 588. The fourth-order valence-corrected chi connectivity index (χ4v) is 3.48. The summed E-state index contributed by atoms with van der Waals surface area (Å²) < 4.78 is 60.0. The second-order valence-electron chi connectivity index (χ2n) is 4.24. The third-order valence-corrected chi connectivity index (χ3v) is 4.39. The number of nitrogen functional groups attached to an aromatic ring is 1. The van der Waals surface area contributed by atoms with E-state index >= 15 is 0 Å². The van der Waals surface area contributed by atoms with Crippen molar-refractivity contribution in [2.75, 3.05) is 22.6 Å². The summed E-state index contributed by atoms with van der Waals surface area (Å²) in [6.07, 6.45) is -4.30. The molecule has 1 aromatic rings. The molecule has 1 aromatic heterocycles. The zero-order valence-corrected chi connectivity index (χ0v) is 10.4. The van der Waals surface area contributed by atoms with Gasteiger partial charge >= 0.3 is 6.18 Å². The SMILES string of the molecule is Nc1nc(NC2CCS(=O)(=O)C2)cc(C(F)(F)F)n1. The second kappa shape index (κ2) is 4.51. The van der Waals surface area contributed by atoms with Gasteiger partial charge in [-0.05, 0) is 6.42 Å². The van der Waals surface area contributed by atoms with E-state index in [0.29, 0.717) is 12.5 Å². The van der Waals surface area contributed by atoms with Crippen LogP contribution in [0.25, 0.3) is 0 Å². The molecular weight excluding hydrogens is 285 g/mol. The second-order valence-corrected chi connectivity index (χ2v) is 6.47. The van der Waals surface area contributed by atoms with Gasteiger partial charge in [0.2, 0.25) is 5.95 Å². The predicted octanol–water partition coefficient (Wildman–Crippen LogP) is 0.677. The summed E-state index contributed by atoms with van der Waals surface area (Å²) in [5.41, 5.74) is 4.04. The quantitative estimate of drug-likeness (QED) is 0.832. The molecule has 1 aliphatic heterocycles. The number of hydrogen-bond acceptors (Lipinski definition) is 6. The summed E-state index contributed by atoms with van der Waals surface area (Å²) in [7, 11) is -3.12. The van der Waals surface area contributed by atoms with Crippen molar-refractivity contribution in [2.45, 2.75) is 18.6 Å². The van der Waals surface area contributed by atoms with Crippen molar-refractivity contribution in [2.24, 2.45) is 0 Å². The van der Waals surface area contributed by atoms with Crippen LogP contribution in [0, 0.1) is 0 Å². The molecule has 0 bridgehead atoms. The van der Waals surface area contributed by atoms with Gasteiger partial charge in [-0.15, -0.1) is 0 Å². The number of rotatable bonds is 2. The number of sulfone groups is 1. The summed E-state index contributed by atoms with van der Waals surface area (Å²) in [4.78, 5) is 6.71. The van der Waals surface area contributed by atoms with Gasteiger partial charge in [-0.1, -0.05) is 0 Å². The molecule has 1 saturated heterocycles. The number of halogens is 3. The average Bonchev–Trinajstić information content (AvgIpc) is 2.55. The minimum Gasteiger partial charge on any atom is -0.368 e. The van der Waals surface area contributed by atoms with Crippen molar-refractivity contribution in [1.29, 1.82) is 0 Å². The molecule has 2 rings (SSSR count). The van der Waals surface area contributed by atoms with E-state index in [1.807, 2.05) is 0 Å². The molecule has 0 radical (unpaired) electrons. The first-order valence-electron chi connectivity index (χ1n) is 5.34. The zero-order valence-electron chi connectivity index (χ0n) is 9.61. The lowest BCUT2D eigenvalue weighted by Crippen LogP contribution is -2.22. The summed E-state index contributed by atoms with van der Waals surface area (Å²) in [6, 6.07) is 0.252. The van der Waals surface area contributed by atoms with Crippen molar-refractivity contribution >= 4 is 21.6 Å². The number of nitrogens with one attached hydrogen (secondary N) is 1. The van der Waals surface area contributed by atoms with Gasteiger partial charge in [0.25, 0.3) is 0 Å². The smallest absolute Gasteiger partial charge is 0.368 e. The molecule has 0 aromatic carbocycles. The Balaban J connectivity index is 2.20. The molecule has 3 N–H and O–H groups in total. The van der Waals surface area contributed by atoms with Crippen molar-refractivity contribution in [3.05, 3.63) is 11.8 Å². The Morgan fingerprint density at radius 1 is 1.37 bits per heavy atom. The lowest BCUT2D eigenvalue weighted by Gasteiger charge is -2.13. The van der Waals surface area contributed by atoms with Crippen LogP contribution in [0.15, 0.2) is 6.07 Å². The molecule has 0 amide bonds. The molecule has 1 fully saturated rings. The Kier molecular flexibility index (Phi) is 3.29. The molecule has 10 heteroatoms. The molecule has 0 saturated carbocycles. The number of alkyl halides is 3. The topological polar surface area (TPSA) is 98.0 Å². The van der Waals surface area contributed by atoms with Crippen LogP contribution in [-0.4, -0.2) is 35.9 Å². The van der Waals surface area contributed by atoms with E-state index in [9.17, 15) is 21.6 Å². The standard InChI is InChI=1S/C9H11F3N4O2S/c10-9(11,12)6-3-7(16-8(13)15-6)14-5-1-2-19(17,18)4-5/h3,5H,1-2,4H2,(H3,13,14,15,16). The molecule has 1 atom stereocenters. The van der Waals surface area contributed by atoms with Crippen LogP contribution in [0.5, 0.6) is 0 Å². The molecular formula is C9H11F3N4O2S. The number of nitrogens with two attached hydrogens (primary N) is 1. The van der Waals surface area contributed by atoms with Gasteiger partial charge in [0.1, 0.15) is 5.82 Å². The largest absolute Gasteiger partial charge is 0.433 e. The van der Waals surface area contributed by atoms with Crippen molar-refractivity contribution in [1.82, 2.24) is 9.97 Å². The van der Waals surface area contributed by atoms with E-state index in [-0.39, 0.29) is 17.3 Å². The van der Waals surface area contributed by atoms with E-state index in [0.717, 1.165) is 0 Å². The molecule has 106 valence electrons. The van der Waals surface area contributed by atoms with Crippen molar-refractivity contribution in [3.8, 4) is 0 Å². The van der Waals surface area contributed by atoms with Crippen molar-refractivity contribution in [3.63, 3.8) is 0 Å². The molecule has 0 spiro atoms. The number of aromatic nitrogens is 2. The van der Waals surface area contributed by atoms with Gasteiger partial charge in [-0.3, -0.25) is 0 Å². The highest BCUT2D eigenvalue weighted by Gasteiger charge is 2.34. The summed E-state index contributed by atoms with van der Waals surface area (Å²) in [6.45, 7) is 0. The maximum Gasteiger partial charge on any atom is 0.433 e. The minimum absolute atomic E-state index is 0.0113. The van der Waals surface area contributed by atoms with Crippen LogP contribution in [0.4, 0.5) is 24.9 Å². The van der Waals surface area contributed by atoms with Crippen LogP contribution in [0.3, 0.4) is 0 Å². The first-order valence-corrected chi connectivity index (χ1v) is 7.16. The predicted molar refractivity (Wildman–Crippen MR) is 62.1 cm³/mol. The maximum atomic E-state index is 12.5. The van der Waals surface area contributed by atoms with Crippen LogP contribution in [0.1, 0.15) is 12.1 Å². The van der Waals surface area contributed by atoms with Gasteiger partial charge in [0.15, 0.2) is 15.5 Å². The normalized spacial score (nSPS) is 22.4.